The third-order valence-corrected chi connectivity index (χ3v) is 4.95. The molecule has 0 aliphatic carbocycles. The second-order valence-corrected chi connectivity index (χ2v) is 7.09. The van der Waals surface area contributed by atoms with E-state index in [1.165, 1.54) is 4.90 Å². The third kappa shape index (κ3) is 3.67. The summed E-state index contributed by atoms with van der Waals surface area (Å²) in [4.78, 5) is 42.2. The topological polar surface area (TPSA) is 87.0 Å². The average molecular weight is 348 g/mol. The molecule has 25 heavy (non-hydrogen) atoms. The molecule has 0 radical (unpaired) electrons. The molecule has 4 rings (SSSR count). The van der Waals surface area contributed by atoms with E-state index in [2.05, 4.69) is 5.16 Å². The first kappa shape index (κ1) is 17.4. The summed E-state index contributed by atoms with van der Waals surface area (Å²) in [6.45, 7) is 2.76. The van der Waals surface area contributed by atoms with Crippen LogP contribution in [0.2, 0.25) is 0 Å². The summed E-state index contributed by atoms with van der Waals surface area (Å²) in [5, 5.41) is 3.80. The highest BCUT2D eigenvalue weighted by Gasteiger charge is 2.42. The van der Waals surface area contributed by atoms with Crippen molar-refractivity contribution < 1.29 is 18.9 Å². The van der Waals surface area contributed by atoms with Gasteiger partial charge in [-0.2, -0.15) is 0 Å². The number of hydrogen-bond donors (Lipinski definition) is 0. The number of carbonyl (C=O) groups excluding carboxylic acids is 3. The van der Waals surface area contributed by atoms with E-state index in [9.17, 15) is 14.4 Å². The number of rotatable bonds is 4. The van der Waals surface area contributed by atoms with Crippen LogP contribution in [-0.4, -0.2) is 77.3 Å². The predicted molar refractivity (Wildman–Crippen MR) is 88.4 cm³/mol. The lowest BCUT2D eigenvalue weighted by atomic mass is 9.94. The van der Waals surface area contributed by atoms with Gasteiger partial charge in [-0.05, 0) is 19.8 Å². The van der Waals surface area contributed by atoms with Crippen molar-refractivity contribution in [2.45, 2.75) is 32.2 Å². The fourth-order valence-electron chi connectivity index (χ4n) is 3.50. The molecular formula is C17H24N4O4. The Kier molecular flexibility index (Phi) is 4.78. The number of aromatic nitrogens is 1. The molecule has 0 saturated carbocycles. The van der Waals surface area contributed by atoms with Crippen molar-refractivity contribution in [3.63, 3.8) is 0 Å². The van der Waals surface area contributed by atoms with E-state index >= 15 is 0 Å². The van der Waals surface area contributed by atoms with E-state index in [-0.39, 0.29) is 42.6 Å². The summed E-state index contributed by atoms with van der Waals surface area (Å²) in [5.74, 6) is 0.119. The first-order chi connectivity index (χ1) is 11.8. The maximum absolute atomic E-state index is 12.7. The largest absolute Gasteiger partial charge is 0.361 e. The Morgan fingerprint density at radius 3 is 2.72 bits per heavy atom. The van der Waals surface area contributed by atoms with Crippen molar-refractivity contribution >= 4 is 17.7 Å². The van der Waals surface area contributed by atoms with Crippen LogP contribution in [-0.2, 0) is 20.8 Å². The second-order valence-electron chi connectivity index (χ2n) is 7.09. The van der Waals surface area contributed by atoms with Crippen LogP contribution in [0.15, 0.2) is 10.6 Å². The zero-order valence-corrected chi connectivity index (χ0v) is 14.9. The summed E-state index contributed by atoms with van der Waals surface area (Å²) in [5.41, 5.74) is 0.738. The Bertz CT molecular complexity index is 684. The van der Waals surface area contributed by atoms with Gasteiger partial charge in [-0.15, -0.1) is 0 Å². The lowest BCUT2D eigenvalue weighted by molar-refractivity contribution is -0.145. The summed E-state index contributed by atoms with van der Waals surface area (Å²) >= 11 is 0. The number of fused-ring (bicyclic) bond motifs is 4. The Labute approximate surface area is 146 Å². The van der Waals surface area contributed by atoms with Crippen molar-refractivity contribution in [1.82, 2.24) is 19.9 Å². The number of aryl methyl sites for hydroxylation is 1. The minimum atomic E-state index is -0.228. The molecule has 0 aromatic carbocycles. The van der Waals surface area contributed by atoms with Crippen molar-refractivity contribution in [2.75, 3.05) is 33.7 Å². The quantitative estimate of drug-likeness (QED) is 0.768. The molecule has 0 N–H and O–H groups in total. The molecule has 2 bridgehead atoms. The molecule has 2 atom stereocenters. The number of amides is 3. The molecule has 0 unspecified atom stereocenters. The van der Waals surface area contributed by atoms with Gasteiger partial charge in [-0.1, -0.05) is 5.16 Å². The van der Waals surface area contributed by atoms with E-state index in [4.69, 9.17) is 4.52 Å². The SMILES string of the molecule is Cc1cc(CC(=O)N2C[C@H]3CC[C@@H](C2)N(CC(=O)N(C)C)C3=O)on1. The highest BCUT2D eigenvalue weighted by molar-refractivity contribution is 5.88. The van der Waals surface area contributed by atoms with Crippen LogP contribution >= 0.6 is 0 Å². The molecular weight excluding hydrogens is 324 g/mol. The van der Waals surface area contributed by atoms with Crippen molar-refractivity contribution in [3.05, 3.63) is 17.5 Å². The molecule has 3 fully saturated rings. The van der Waals surface area contributed by atoms with Gasteiger partial charge in [0.1, 0.15) is 12.3 Å². The maximum atomic E-state index is 12.7. The lowest BCUT2D eigenvalue weighted by Crippen LogP contribution is -2.51. The van der Waals surface area contributed by atoms with Gasteiger partial charge < -0.3 is 19.2 Å². The molecule has 3 aliphatic rings. The molecule has 3 amide bonds. The molecule has 3 aliphatic heterocycles. The van der Waals surface area contributed by atoms with Crippen molar-refractivity contribution in [3.8, 4) is 0 Å². The summed E-state index contributed by atoms with van der Waals surface area (Å²) in [7, 11) is 3.36. The van der Waals surface area contributed by atoms with E-state index in [0.717, 1.165) is 18.5 Å². The van der Waals surface area contributed by atoms with Crippen LogP contribution in [0.25, 0.3) is 0 Å². The molecule has 3 saturated heterocycles. The van der Waals surface area contributed by atoms with E-state index in [1.807, 2.05) is 6.92 Å². The average Bonchev–Trinajstić information content (AvgIpc) is 2.79. The smallest absolute Gasteiger partial charge is 0.241 e. The monoisotopic (exact) mass is 348 g/mol. The highest BCUT2D eigenvalue weighted by atomic mass is 16.5. The van der Waals surface area contributed by atoms with Gasteiger partial charge in [0.15, 0.2) is 0 Å². The van der Waals surface area contributed by atoms with Gasteiger partial charge in [0.25, 0.3) is 0 Å². The van der Waals surface area contributed by atoms with Crippen molar-refractivity contribution in [1.29, 1.82) is 0 Å². The van der Waals surface area contributed by atoms with Crippen LogP contribution in [0.4, 0.5) is 0 Å². The van der Waals surface area contributed by atoms with E-state index < -0.39 is 0 Å². The standard InChI is InChI=1S/C17H24N4O4/c1-11-6-14(25-18-11)7-15(22)20-8-12-4-5-13(9-20)21(17(12)24)10-16(23)19(2)3/h6,12-13H,4-5,7-10H2,1-3H3/t12-,13+/m1/s1. The zero-order valence-electron chi connectivity index (χ0n) is 14.9. The second kappa shape index (κ2) is 6.85. The Morgan fingerprint density at radius 2 is 2.08 bits per heavy atom. The van der Waals surface area contributed by atoms with Crippen LogP contribution in [0.5, 0.6) is 0 Å². The molecule has 8 nitrogen and oxygen atoms in total. The fraction of sp³-hybridized carbons (Fsp3) is 0.647. The van der Waals surface area contributed by atoms with Gasteiger partial charge in [-0.3, -0.25) is 14.4 Å². The number of nitrogens with zero attached hydrogens (tertiary/aromatic N) is 4. The Balaban J connectivity index is 1.70. The zero-order chi connectivity index (χ0) is 18.1. The fourth-order valence-corrected chi connectivity index (χ4v) is 3.50. The molecule has 0 spiro atoms. The molecule has 1 aromatic rings. The van der Waals surface area contributed by atoms with Gasteiger partial charge in [0.2, 0.25) is 17.7 Å². The third-order valence-electron chi connectivity index (χ3n) is 4.95. The summed E-state index contributed by atoms with van der Waals surface area (Å²) in [6.07, 6.45) is 1.73. The van der Waals surface area contributed by atoms with Crippen molar-refractivity contribution in [2.24, 2.45) is 5.92 Å². The van der Waals surface area contributed by atoms with E-state index in [1.54, 1.807) is 30.0 Å². The predicted octanol–water partition coefficient (Wildman–Crippen LogP) is 0.0631. The maximum Gasteiger partial charge on any atom is 0.241 e. The molecule has 1 aromatic heterocycles. The number of likely N-dealkylation sites (N-methyl/N-ethyl adjacent to an activating group) is 1. The molecule has 8 heteroatoms. The number of hydrogen-bond acceptors (Lipinski definition) is 5. The van der Waals surface area contributed by atoms with Gasteiger partial charge in [-0.25, -0.2) is 0 Å². The number of piperidine rings is 1. The first-order valence-corrected chi connectivity index (χ1v) is 8.55. The van der Waals surface area contributed by atoms with Crippen LogP contribution in [0, 0.1) is 12.8 Å². The van der Waals surface area contributed by atoms with Gasteiger partial charge in [0.05, 0.1) is 18.0 Å². The number of carbonyl (C=O) groups is 3. The summed E-state index contributed by atoms with van der Waals surface area (Å²) < 4.78 is 5.12. The van der Waals surface area contributed by atoms with Crippen LogP contribution in [0.1, 0.15) is 24.3 Å². The van der Waals surface area contributed by atoms with Crippen LogP contribution in [0.3, 0.4) is 0 Å². The minimum absolute atomic E-state index is 0.0164. The highest BCUT2D eigenvalue weighted by Crippen LogP contribution is 2.29. The first-order valence-electron chi connectivity index (χ1n) is 8.55. The van der Waals surface area contributed by atoms with Crippen LogP contribution < -0.4 is 0 Å². The summed E-state index contributed by atoms with van der Waals surface area (Å²) in [6, 6.07) is 1.65. The molecule has 4 heterocycles. The molecule has 136 valence electrons. The Morgan fingerprint density at radius 1 is 1.32 bits per heavy atom. The van der Waals surface area contributed by atoms with Gasteiger partial charge >= 0.3 is 0 Å². The Hall–Kier alpha value is -2.38. The lowest BCUT2D eigenvalue weighted by Gasteiger charge is -2.35. The normalized spacial score (nSPS) is 22.9. The minimum Gasteiger partial charge on any atom is -0.361 e. The van der Waals surface area contributed by atoms with E-state index in [0.29, 0.717) is 18.8 Å². The van der Waals surface area contributed by atoms with Gasteiger partial charge in [0, 0.05) is 39.3 Å².